The summed E-state index contributed by atoms with van der Waals surface area (Å²) in [6.07, 6.45) is 0. The number of hydrogen-bond donors (Lipinski definition) is 2. The molecule has 0 aliphatic carbocycles. The van der Waals surface area contributed by atoms with E-state index < -0.39 is 5.97 Å². The first-order valence-corrected chi connectivity index (χ1v) is 7.41. The minimum absolute atomic E-state index is 0.128. The maximum Gasteiger partial charge on any atom is 0.335 e. The van der Waals surface area contributed by atoms with Crippen LogP contribution in [-0.4, -0.2) is 22.0 Å². The SMILES string of the molecule is O=C(O)c1ccc2c(c1)CN(C(=O)NCc1cccs1)C2. The van der Waals surface area contributed by atoms with Crippen LogP contribution < -0.4 is 5.32 Å². The Labute approximate surface area is 125 Å². The third-order valence-corrected chi connectivity index (χ3v) is 4.33. The van der Waals surface area contributed by atoms with E-state index in [2.05, 4.69) is 5.32 Å². The smallest absolute Gasteiger partial charge is 0.335 e. The second-order valence-corrected chi connectivity index (χ2v) is 5.92. The number of nitrogens with zero attached hydrogens (tertiary/aromatic N) is 1. The number of carboxylic acid groups (broad SMARTS) is 1. The highest BCUT2D eigenvalue weighted by Crippen LogP contribution is 2.24. The highest BCUT2D eigenvalue weighted by atomic mass is 32.1. The average Bonchev–Trinajstić information content (AvgIpc) is 3.12. The first kappa shape index (κ1) is 13.6. The minimum Gasteiger partial charge on any atom is -0.478 e. The molecule has 1 aromatic heterocycles. The van der Waals surface area contributed by atoms with Crippen molar-refractivity contribution in [2.75, 3.05) is 0 Å². The van der Waals surface area contributed by atoms with Gasteiger partial charge in [0, 0.05) is 18.0 Å². The summed E-state index contributed by atoms with van der Waals surface area (Å²) in [6, 6.07) is 8.80. The Balaban J connectivity index is 1.64. The zero-order valence-electron chi connectivity index (χ0n) is 11.2. The molecule has 0 saturated carbocycles. The monoisotopic (exact) mass is 302 g/mol. The zero-order chi connectivity index (χ0) is 14.8. The Bertz CT molecular complexity index is 682. The number of thiophene rings is 1. The Kier molecular flexibility index (Phi) is 3.62. The largest absolute Gasteiger partial charge is 0.478 e. The molecule has 6 heteroatoms. The predicted molar refractivity (Wildman–Crippen MR) is 79.2 cm³/mol. The number of carbonyl (C=O) groups is 2. The summed E-state index contributed by atoms with van der Waals surface area (Å²) in [5.74, 6) is -0.946. The minimum atomic E-state index is -0.946. The van der Waals surface area contributed by atoms with Crippen LogP contribution in [0.4, 0.5) is 4.79 Å². The topological polar surface area (TPSA) is 69.6 Å². The number of carboxylic acids is 1. The van der Waals surface area contributed by atoms with E-state index in [9.17, 15) is 9.59 Å². The molecule has 3 rings (SSSR count). The Morgan fingerprint density at radius 1 is 1.24 bits per heavy atom. The quantitative estimate of drug-likeness (QED) is 0.916. The lowest BCUT2D eigenvalue weighted by atomic mass is 10.1. The molecule has 0 bridgehead atoms. The molecule has 108 valence electrons. The van der Waals surface area contributed by atoms with Crippen molar-refractivity contribution < 1.29 is 14.7 Å². The molecule has 0 radical (unpaired) electrons. The van der Waals surface area contributed by atoms with Gasteiger partial charge in [0.15, 0.2) is 0 Å². The summed E-state index contributed by atoms with van der Waals surface area (Å²) in [5.41, 5.74) is 2.17. The number of hydrogen-bond acceptors (Lipinski definition) is 3. The van der Waals surface area contributed by atoms with Gasteiger partial charge in [-0.25, -0.2) is 9.59 Å². The summed E-state index contributed by atoms with van der Waals surface area (Å²) in [5, 5.41) is 13.8. The second-order valence-electron chi connectivity index (χ2n) is 4.88. The van der Waals surface area contributed by atoms with Crippen LogP contribution >= 0.6 is 11.3 Å². The molecule has 1 aromatic carbocycles. The molecule has 21 heavy (non-hydrogen) atoms. The molecule has 0 unspecified atom stereocenters. The number of fused-ring (bicyclic) bond motifs is 1. The molecular formula is C15H14N2O3S. The molecule has 1 aliphatic heterocycles. The maximum atomic E-state index is 12.1. The molecule has 1 aliphatic rings. The van der Waals surface area contributed by atoms with Crippen LogP contribution in [0.25, 0.3) is 0 Å². The van der Waals surface area contributed by atoms with Gasteiger partial charge in [0.25, 0.3) is 0 Å². The van der Waals surface area contributed by atoms with Gasteiger partial charge < -0.3 is 15.3 Å². The first-order chi connectivity index (χ1) is 10.1. The summed E-state index contributed by atoms with van der Waals surface area (Å²) >= 11 is 1.60. The van der Waals surface area contributed by atoms with Gasteiger partial charge in [-0.2, -0.15) is 0 Å². The fourth-order valence-corrected chi connectivity index (χ4v) is 3.00. The van der Waals surface area contributed by atoms with Crippen LogP contribution in [0.2, 0.25) is 0 Å². The molecule has 2 aromatic rings. The number of aromatic carboxylic acids is 1. The summed E-state index contributed by atoms with van der Waals surface area (Å²) in [6.45, 7) is 1.49. The second kappa shape index (κ2) is 5.57. The van der Waals surface area contributed by atoms with E-state index in [1.807, 2.05) is 17.5 Å². The van der Waals surface area contributed by atoms with Crippen molar-refractivity contribution in [2.24, 2.45) is 0 Å². The van der Waals surface area contributed by atoms with E-state index in [0.29, 0.717) is 19.6 Å². The van der Waals surface area contributed by atoms with Gasteiger partial charge in [-0.3, -0.25) is 0 Å². The lowest BCUT2D eigenvalue weighted by Gasteiger charge is -2.15. The van der Waals surface area contributed by atoms with Crippen molar-refractivity contribution in [2.45, 2.75) is 19.6 Å². The third-order valence-electron chi connectivity index (χ3n) is 3.46. The van der Waals surface area contributed by atoms with E-state index in [1.54, 1.807) is 34.4 Å². The molecule has 2 heterocycles. The van der Waals surface area contributed by atoms with Gasteiger partial charge in [-0.05, 0) is 34.7 Å². The molecule has 0 spiro atoms. The van der Waals surface area contributed by atoms with Crippen molar-refractivity contribution in [1.29, 1.82) is 0 Å². The molecule has 0 saturated heterocycles. The summed E-state index contributed by atoms with van der Waals surface area (Å²) in [4.78, 5) is 25.9. The van der Waals surface area contributed by atoms with Gasteiger partial charge in [0.05, 0.1) is 12.1 Å². The van der Waals surface area contributed by atoms with Gasteiger partial charge in [0.2, 0.25) is 0 Å². The fourth-order valence-electron chi connectivity index (χ4n) is 2.36. The standard InChI is InChI=1S/C15H14N2O3S/c18-14(19)10-3-4-11-8-17(9-12(11)6-10)15(20)16-7-13-2-1-5-21-13/h1-6H,7-9H2,(H,16,20)(H,18,19). The number of urea groups is 1. The van der Waals surface area contributed by atoms with Gasteiger partial charge in [-0.1, -0.05) is 12.1 Å². The van der Waals surface area contributed by atoms with Crippen molar-refractivity contribution in [3.8, 4) is 0 Å². The Morgan fingerprint density at radius 3 is 2.76 bits per heavy atom. The fraction of sp³-hybridized carbons (Fsp3) is 0.200. The van der Waals surface area contributed by atoms with Gasteiger partial charge in [-0.15, -0.1) is 11.3 Å². The summed E-state index contributed by atoms with van der Waals surface area (Å²) in [7, 11) is 0. The number of amides is 2. The number of rotatable bonds is 3. The van der Waals surface area contributed by atoms with Crippen LogP contribution in [0, 0.1) is 0 Å². The number of nitrogens with one attached hydrogen (secondary N) is 1. The van der Waals surface area contributed by atoms with Crippen molar-refractivity contribution in [3.63, 3.8) is 0 Å². The van der Waals surface area contributed by atoms with Gasteiger partial charge in [0.1, 0.15) is 0 Å². The van der Waals surface area contributed by atoms with Crippen molar-refractivity contribution in [1.82, 2.24) is 10.2 Å². The Hall–Kier alpha value is -2.34. The Morgan fingerprint density at radius 2 is 2.05 bits per heavy atom. The molecule has 2 N–H and O–H groups in total. The normalized spacial score (nSPS) is 13.0. The molecular weight excluding hydrogens is 288 g/mol. The molecule has 2 amide bonds. The van der Waals surface area contributed by atoms with Crippen molar-refractivity contribution in [3.05, 3.63) is 57.3 Å². The molecule has 0 fully saturated rings. The lowest BCUT2D eigenvalue weighted by molar-refractivity contribution is 0.0696. The molecule has 0 atom stereocenters. The zero-order valence-corrected chi connectivity index (χ0v) is 12.0. The van der Waals surface area contributed by atoms with E-state index in [4.69, 9.17) is 5.11 Å². The van der Waals surface area contributed by atoms with E-state index in [1.165, 1.54) is 0 Å². The lowest BCUT2D eigenvalue weighted by Crippen LogP contribution is -2.35. The summed E-state index contributed by atoms with van der Waals surface area (Å²) < 4.78 is 0. The maximum absolute atomic E-state index is 12.1. The highest BCUT2D eigenvalue weighted by molar-refractivity contribution is 7.09. The van der Waals surface area contributed by atoms with Crippen LogP contribution in [0.15, 0.2) is 35.7 Å². The van der Waals surface area contributed by atoms with E-state index in [0.717, 1.165) is 16.0 Å². The van der Waals surface area contributed by atoms with Crippen molar-refractivity contribution >= 4 is 23.3 Å². The van der Waals surface area contributed by atoms with Crippen LogP contribution in [-0.2, 0) is 19.6 Å². The number of carbonyl (C=O) groups excluding carboxylic acids is 1. The molecule has 5 nitrogen and oxygen atoms in total. The predicted octanol–water partition coefficient (Wildman–Crippen LogP) is 2.67. The van der Waals surface area contributed by atoms with Crippen LogP contribution in [0.5, 0.6) is 0 Å². The number of benzene rings is 1. The van der Waals surface area contributed by atoms with Gasteiger partial charge >= 0.3 is 12.0 Å². The first-order valence-electron chi connectivity index (χ1n) is 6.54. The highest BCUT2D eigenvalue weighted by Gasteiger charge is 2.24. The average molecular weight is 302 g/mol. The van der Waals surface area contributed by atoms with Crippen LogP contribution in [0.3, 0.4) is 0 Å². The third kappa shape index (κ3) is 2.90. The van der Waals surface area contributed by atoms with E-state index >= 15 is 0 Å². The van der Waals surface area contributed by atoms with E-state index in [-0.39, 0.29) is 11.6 Å². The van der Waals surface area contributed by atoms with Crippen LogP contribution in [0.1, 0.15) is 26.4 Å².